The molecule has 0 spiro atoms. The lowest BCUT2D eigenvalue weighted by molar-refractivity contribution is -0.0205. The maximum atomic E-state index is 13.5. The molecule has 3 rings (SSSR count). The summed E-state index contributed by atoms with van der Waals surface area (Å²) in [4.78, 5) is 2.16. The molecule has 1 aromatic carbocycles. The number of halogens is 1. The first-order valence-electron chi connectivity index (χ1n) is 7.24. The summed E-state index contributed by atoms with van der Waals surface area (Å²) >= 11 is 0. The minimum absolute atomic E-state index is 0.0164. The van der Waals surface area contributed by atoms with E-state index < -0.39 is 0 Å². The molecule has 1 atom stereocenters. The van der Waals surface area contributed by atoms with Gasteiger partial charge in [0.2, 0.25) is 0 Å². The predicted octanol–water partition coefficient (Wildman–Crippen LogP) is 3.17. The van der Waals surface area contributed by atoms with Crippen molar-refractivity contribution in [3.8, 4) is 6.07 Å². The zero-order valence-electron chi connectivity index (χ0n) is 12.4. The van der Waals surface area contributed by atoms with E-state index in [4.69, 9.17) is 9.15 Å². The van der Waals surface area contributed by atoms with E-state index in [1.807, 2.05) is 19.1 Å². The number of morpholine rings is 1. The first kappa shape index (κ1) is 14.8. The average Bonchev–Trinajstić information content (AvgIpc) is 2.94. The van der Waals surface area contributed by atoms with E-state index >= 15 is 0 Å². The Kier molecular flexibility index (Phi) is 4.23. The van der Waals surface area contributed by atoms with Crippen LogP contribution in [0.2, 0.25) is 0 Å². The third kappa shape index (κ3) is 3.03. The maximum Gasteiger partial charge on any atom is 0.123 e. The Morgan fingerprint density at radius 1 is 1.36 bits per heavy atom. The van der Waals surface area contributed by atoms with Gasteiger partial charge in [-0.1, -0.05) is 0 Å². The van der Waals surface area contributed by atoms with Gasteiger partial charge in [-0.15, -0.1) is 0 Å². The molecule has 0 unspecified atom stereocenters. The number of benzene rings is 1. The second-order valence-corrected chi connectivity index (χ2v) is 5.42. The van der Waals surface area contributed by atoms with E-state index in [1.165, 1.54) is 18.2 Å². The van der Waals surface area contributed by atoms with Crippen LogP contribution in [0.4, 0.5) is 4.39 Å². The van der Waals surface area contributed by atoms with Crippen LogP contribution in [0.1, 0.15) is 28.7 Å². The number of nitriles is 1. The molecular formula is C17H17FN2O2. The van der Waals surface area contributed by atoms with Gasteiger partial charge in [0.05, 0.1) is 30.9 Å². The molecule has 0 amide bonds. The monoisotopic (exact) mass is 300 g/mol. The van der Waals surface area contributed by atoms with Gasteiger partial charge in [-0.25, -0.2) is 4.39 Å². The van der Waals surface area contributed by atoms with Gasteiger partial charge in [0.15, 0.2) is 0 Å². The number of hydrogen-bond acceptors (Lipinski definition) is 4. The molecule has 114 valence electrons. The fourth-order valence-electron chi connectivity index (χ4n) is 2.74. The lowest BCUT2D eigenvalue weighted by Crippen LogP contribution is -2.39. The van der Waals surface area contributed by atoms with Gasteiger partial charge in [0, 0.05) is 13.1 Å². The molecule has 1 aliphatic heterocycles. The number of hydrogen-bond donors (Lipinski definition) is 0. The maximum absolute atomic E-state index is 13.5. The Morgan fingerprint density at radius 3 is 2.95 bits per heavy atom. The smallest absolute Gasteiger partial charge is 0.123 e. The topological polar surface area (TPSA) is 49.4 Å². The third-order valence-corrected chi connectivity index (χ3v) is 3.89. The Morgan fingerprint density at radius 2 is 2.23 bits per heavy atom. The molecule has 2 aromatic rings. The van der Waals surface area contributed by atoms with Gasteiger partial charge >= 0.3 is 0 Å². The number of ether oxygens (including phenoxy) is 1. The van der Waals surface area contributed by atoms with Gasteiger partial charge in [-0.2, -0.15) is 5.26 Å². The van der Waals surface area contributed by atoms with Crippen molar-refractivity contribution in [2.24, 2.45) is 0 Å². The van der Waals surface area contributed by atoms with E-state index in [2.05, 4.69) is 11.0 Å². The molecule has 1 saturated heterocycles. The summed E-state index contributed by atoms with van der Waals surface area (Å²) in [5.74, 6) is 1.36. The SMILES string of the molecule is Cc1ccc([C@@H]2COCCN2Cc2cc(F)ccc2C#N)o1. The summed E-state index contributed by atoms with van der Waals surface area (Å²) in [7, 11) is 0. The quantitative estimate of drug-likeness (QED) is 0.873. The summed E-state index contributed by atoms with van der Waals surface area (Å²) < 4.78 is 24.8. The molecule has 22 heavy (non-hydrogen) atoms. The first-order valence-corrected chi connectivity index (χ1v) is 7.24. The minimum atomic E-state index is -0.326. The zero-order chi connectivity index (χ0) is 15.5. The molecule has 0 bridgehead atoms. The van der Waals surface area contributed by atoms with Gasteiger partial charge in [-0.3, -0.25) is 4.90 Å². The van der Waals surface area contributed by atoms with Crippen LogP contribution in [0.15, 0.2) is 34.7 Å². The van der Waals surface area contributed by atoms with Crippen molar-refractivity contribution in [1.82, 2.24) is 4.90 Å². The Balaban J connectivity index is 1.86. The lowest BCUT2D eigenvalue weighted by atomic mass is 10.1. The van der Waals surface area contributed by atoms with Crippen molar-refractivity contribution in [2.75, 3.05) is 19.8 Å². The first-order chi connectivity index (χ1) is 10.7. The highest BCUT2D eigenvalue weighted by atomic mass is 19.1. The van der Waals surface area contributed by atoms with Gasteiger partial charge in [0.1, 0.15) is 17.3 Å². The van der Waals surface area contributed by atoms with E-state index in [0.717, 1.165) is 11.5 Å². The lowest BCUT2D eigenvalue weighted by Gasteiger charge is -2.34. The van der Waals surface area contributed by atoms with E-state index in [1.54, 1.807) is 0 Å². The summed E-state index contributed by atoms with van der Waals surface area (Å²) in [6.45, 7) is 4.26. The highest BCUT2D eigenvalue weighted by Gasteiger charge is 2.27. The third-order valence-electron chi connectivity index (χ3n) is 3.89. The van der Waals surface area contributed by atoms with Gasteiger partial charge < -0.3 is 9.15 Å². The van der Waals surface area contributed by atoms with Crippen LogP contribution < -0.4 is 0 Å². The van der Waals surface area contributed by atoms with Crippen LogP contribution in [-0.4, -0.2) is 24.7 Å². The number of aryl methyl sites for hydroxylation is 1. The van der Waals surface area contributed by atoms with Crippen molar-refractivity contribution >= 4 is 0 Å². The molecule has 4 nitrogen and oxygen atoms in total. The zero-order valence-corrected chi connectivity index (χ0v) is 12.4. The Hall–Kier alpha value is -2.16. The van der Waals surface area contributed by atoms with Crippen LogP contribution in [0.3, 0.4) is 0 Å². The fraction of sp³-hybridized carbons (Fsp3) is 0.353. The number of nitrogens with zero attached hydrogens (tertiary/aromatic N) is 2. The molecule has 0 N–H and O–H groups in total. The minimum Gasteiger partial charge on any atom is -0.465 e. The van der Waals surface area contributed by atoms with Crippen molar-refractivity contribution in [3.05, 3.63) is 58.8 Å². The number of rotatable bonds is 3. The summed E-state index contributed by atoms with van der Waals surface area (Å²) in [5.41, 5.74) is 1.19. The summed E-state index contributed by atoms with van der Waals surface area (Å²) in [5, 5.41) is 9.19. The predicted molar refractivity (Wildman–Crippen MR) is 78.5 cm³/mol. The average molecular weight is 300 g/mol. The second-order valence-electron chi connectivity index (χ2n) is 5.42. The molecule has 1 fully saturated rings. The van der Waals surface area contributed by atoms with Gasteiger partial charge in [0.25, 0.3) is 0 Å². The van der Waals surface area contributed by atoms with Crippen LogP contribution in [0.5, 0.6) is 0 Å². The van der Waals surface area contributed by atoms with E-state index in [0.29, 0.717) is 37.4 Å². The largest absolute Gasteiger partial charge is 0.465 e. The molecule has 1 aliphatic rings. The number of furan rings is 1. The van der Waals surface area contributed by atoms with Crippen molar-refractivity contribution in [1.29, 1.82) is 5.26 Å². The Bertz CT molecular complexity index is 705. The van der Waals surface area contributed by atoms with Crippen LogP contribution >= 0.6 is 0 Å². The van der Waals surface area contributed by atoms with Crippen molar-refractivity contribution in [2.45, 2.75) is 19.5 Å². The van der Waals surface area contributed by atoms with Crippen molar-refractivity contribution < 1.29 is 13.5 Å². The van der Waals surface area contributed by atoms with Crippen LogP contribution in [-0.2, 0) is 11.3 Å². The standard InChI is InChI=1S/C17H17FN2O2/c1-12-2-5-17(22-12)16-11-21-7-6-20(16)10-14-8-15(18)4-3-13(14)9-19/h2-5,8,16H,6-7,10-11H2,1H3/t16-/m0/s1. The Labute approximate surface area is 128 Å². The fourth-order valence-corrected chi connectivity index (χ4v) is 2.74. The summed E-state index contributed by atoms with van der Waals surface area (Å²) in [6.07, 6.45) is 0. The second kappa shape index (κ2) is 6.30. The highest BCUT2D eigenvalue weighted by molar-refractivity contribution is 5.38. The molecule has 0 saturated carbocycles. The molecule has 0 radical (unpaired) electrons. The van der Waals surface area contributed by atoms with E-state index in [9.17, 15) is 9.65 Å². The van der Waals surface area contributed by atoms with Crippen molar-refractivity contribution in [3.63, 3.8) is 0 Å². The molecule has 1 aromatic heterocycles. The summed E-state index contributed by atoms with van der Waals surface area (Å²) in [6, 6.07) is 10.2. The molecule has 5 heteroatoms. The van der Waals surface area contributed by atoms with Gasteiger partial charge in [-0.05, 0) is 42.8 Å². The van der Waals surface area contributed by atoms with Crippen LogP contribution in [0, 0.1) is 24.1 Å². The molecule has 0 aliphatic carbocycles. The van der Waals surface area contributed by atoms with Crippen LogP contribution in [0.25, 0.3) is 0 Å². The molecule has 2 heterocycles. The normalized spacial score (nSPS) is 19.0. The van der Waals surface area contributed by atoms with E-state index in [-0.39, 0.29) is 11.9 Å². The molecular weight excluding hydrogens is 283 g/mol. The highest BCUT2D eigenvalue weighted by Crippen LogP contribution is 2.28.